The molecule has 1 atom stereocenters. The van der Waals surface area contributed by atoms with Crippen molar-refractivity contribution in [2.75, 3.05) is 7.11 Å². The fourth-order valence-electron chi connectivity index (χ4n) is 1.21. The first-order chi connectivity index (χ1) is 7.62. The van der Waals surface area contributed by atoms with Gasteiger partial charge in [-0.3, -0.25) is 4.79 Å². The predicted octanol–water partition coefficient (Wildman–Crippen LogP) is 3.45. The monoisotopic (exact) mass is 286 g/mol. The Kier molecular flexibility index (Phi) is 4.80. The number of hydrogen-bond donors (Lipinski definition) is 0. The maximum Gasteiger partial charge on any atom is 0.175 e. The smallest absolute Gasteiger partial charge is 0.175 e. The van der Waals surface area contributed by atoms with Gasteiger partial charge < -0.3 is 9.47 Å². The minimum Gasteiger partial charge on any atom is -0.493 e. The molecule has 4 heteroatoms. The molecule has 0 saturated heterocycles. The summed E-state index contributed by atoms with van der Waals surface area (Å²) in [6.07, 6.45) is 1.79. The Balaban J connectivity index is 3.11. The molecule has 16 heavy (non-hydrogen) atoms. The Morgan fingerprint density at radius 2 is 2.19 bits per heavy atom. The van der Waals surface area contributed by atoms with Gasteiger partial charge in [0, 0.05) is 5.56 Å². The molecule has 0 aliphatic heterocycles. The molecule has 0 radical (unpaired) electrons. The van der Waals surface area contributed by atoms with Crippen molar-refractivity contribution in [3.63, 3.8) is 0 Å². The minimum absolute atomic E-state index is 0.104. The quantitative estimate of drug-likeness (QED) is 0.778. The number of aldehydes is 1. The second kappa shape index (κ2) is 5.89. The maximum absolute atomic E-state index is 10.7. The van der Waals surface area contributed by atoms with Crippen LogP contribution in [0.3, 0.4) is 0 Å². The van der Waals surface area contributed by atoms with Crippen LogP contribution in [0.25, 0.3) is 0 Å². The van der Waals surface area contributed by atoms with Gasteiger partial charge in [0.15, 0.2) is 11.5 Å². The topological polar surface area (TPSA) is 35.5 Å². The van der Waals surface area contributed by atoms with Crippen molar-refractivity contribution >= 4 is 22.2 Å². The third kappa shape index (κ3) is 2.98. The Morgan fingerprint density at radius 3 is 2.69 bits per heavy atom. The molecule has 0 aliphatic rings. The molecule has 0 heterocycles. The second-order valence-electron chi connectivity index (χ2n) is 3.49. The van der Waals surface area contributed by atoms with Gasteiger partial charge in [0.05, 0.1) is 17.7 Å². The molecule has 0 spiro atoms. The number of benzene rings is 1. The number of carbonyl (C=O) groups is 1. The minimum atomic E-state index is 0.104. The third-order valence-electron chi connectivity index (χ3n) is 2.28. The van der Waals surface area contributed by atoms with Crippen LogP contribution in [0.15, 0.2) is 16.6 Å². The van der Waals surface area contributed by atoms with Crippen LogP contribution in [0.5, 0.6) is 11.5 Å². The van der Waals surface area contributed by atoms with Gasteiger partial charge in [-0.05, 0) is 41.4 Å². The van der Waals surface area contributed by atoms with E-state index in [1.54, 1.807) is 19.2 Å². The summed E-state index contributed by atoms with van der Waals surface area (Å²) < 4.78 is 11.7. The van der Waals surface area contributed by atoms with Crippen molar-refractivity contribution in [1.82, 2.24) is 0 Å². The fraction of sp³-hybridized carbons (Fsp3) is 0.417. The molecule has 0 bridgehead atoms. The van der Waals surface area contributed by atoms with Crippen molar-refractivity contribution in [3.05, 3.63) is 22.2 Å². The summed E-state index contributed by atoms with van der Waals surface area (Å²) in [4.78, 5) is 10.7. The van der Waals surface area contributed by atoms with Crippen LogP contribution < -0.4 is 9.47 Å². The molecule has 0 fully saturated rings. The Morgan fingerprint density at radius 1 is 1.50 bits per heavy atom. The molecule has 1 rings (SSSR count). The van der Waals surface area contributed by atoms with Crippen LogP contribution in [0, 0.1) is 0 Å². The Hall–Kier alpha value is -1.03. The normalized spacial score (nSPS) is 12.0. The van der Waals surface area contributed by atoms with E-state index in [1.165, 1.54) is 0 Å². The zero-order valence-corrected chi connectivity index (χ0v) is 11.2. The molecule has 1 aromatic rings. The zero-order chi connectivity index (χ0) is 12.1. The van der Waals surface area contributed by atoms with E-state index < -0.39 is 0 Å². The molecule has 0 amide bonds. The van der Waals surface area contributed by atoms with Crippen LogP contribution in [0.2, 0.25) is 0 Å². The predicted molar refractivity (Wildman–Crippen MR) is 66.5 cm³/mol. The van der Waals surface area contributed by atoms with E-state index in [0.717, 1.165) is 17.2 Å². The molecule has 0 N–H and O–H groups in total. The van der Waals surface area contributed by atoms with Gasteiger partial charge in [0.2, 0.25) is 0 Å². The molecule has 0 aliphatic carbocycles. The highest BCUT2D eigenvalue weighted by Gasteiger charge is 2.13. The highest BCUT2D eigenvalue weighted by molar-refractivity contribution is 9.10. The summed E-state index contributed by atoms with van der Waals surface area (Å²) in [5, 5.41) is 0. The van der Waals surface area contributed by atoms with Crippen molar-refractivity contribution in [1.29, 1.82) is 0 Å². The molecular weight excluding hydrogens is 272 g/mol. The lowest BCUT2D eigenvalue weighted by Gasteiger charge is -2.17. The highest BCUT2D eigenvalue weighted by Crippen LogP contribution is 2.37. The number of carbonyl (C=O) groups excluding carboxylic acids is 1. The van der Waals surface area contributed by atoms with Gasteiger partial charge >= 0.3 is 0 Å². The van der Waals surface area contributed by atoms with Gasteiger partial charge in [-0.15, -0.1) is 0 Å². The van der Waals surface area contributed by atoms with E-state index >= 15 is 0 Å². The standard InChI is InChI=1S/C12H15BrO3/c1-4-8(2)16-12-10(13)5-9(7-14)6-11(12)15-3/h5-8H,4H2,1-3H3/t8-/m0/s1. The average molecular weight is 287 g/mol. The number of ether oxygens (including phenoxy) is 2. The third-order valence-corrected chi connectivity index (χ3v) is 2.87. The van der Waals surface area contributed by atoms with Crippen LogP contribution >= 0.6 is 15.9 Å². The summed E-state index contributed by atoms with van der Waals surface area (Å²) in [5.74, 6) is 1.21. The molecule has 1 aromatic carbocycles. The van der Waals surface area contributed by atoms with Gasteiger partial charge in [-0.1, -0.05) is 6.92 Å². The molecule has 88 valence electrons. The first kappa shape index (κ1) is 13.0. The number of methoxy groups -OCH3 is 1. The SMILES string of the molecule is CC[C@H](C)Oc1c(Br)cc(C=O)cc1OC. The first-order valence-electron chi connectivity index (χ1n) is 5.11. The van der Waals surface area contributed by atoms with Gasteiger partial charge in [-0.2, -0.15) is 0 Å². The molecule has 3 nitrogen and oxygen atoms in total. The summed E-state index contributed by atoms with van der Waals surface area (Å²) in [7, 11) is 1.56. The van der Waals surface area contributed by atoms with E-state index in [9.17, 15) is 4.79 Å². The second-order valence-corrected chi connectivity index (χ2v) is 4.34. The molecule has 0 aromatic heterocycles. The summed E-state index contributed by atoms with van der Waals surface area (Å²) in [6, 6.07) is 3.38. The first-order valence-corrected chi connectivity index (χ1v) is 5.91. The number of halogens is 1. The summed E-state index contributed by atoms with van der Waals surface area (Å²) >= 11 is 3.37. The number of rotatable bonds is 5. The highest BCUT2D eigenvalue weighted by atomic mass is 79.9. The van der Waals surface area contributed by atoms with Crippen molar-refractivity contribution in [2.45, 2.75) is 26.4 Å². The van der Waals surface area contributed by atoms with Gasteiger partial charge in [0.1, 0.15) is 6.29 Å². The Labute approximate surface area is 104 Å². The van der Waals surface area contributed by atoms with E-state index in [-0.39, 0.29) is 6.10 Å². The summed E-state index contributed by atoms with van der Waals surface area (Å²) in [5.41, 5.74) is 0.556. The summed E-state index contributed by atoms with van der Waals surface area (Å²) in [6.45, 7) is 4.03. The average Bonchev–Trinajstić information content (AvgIpc) is 2.30. The zero-order valence-electron chi connectivity index (χ0n) is 9.62. The van der Waals surface area contributed by atoms with Gasteiger partial charge in [0.25, 0.3) is 0 Å². The van der Waals surface area contributed by atoms with Crippen molar-refractivity contribution in [3.8, 4) is 11.5 Å². The lowest BCUT2D eigenvalue weighted by Crippen LogP contribution is -2.11. The lowest BCUT2D eigenvalue weighted by atomic mass is 10.2. The van der Waals surface area contributed by atoms with E-state index in [0.29, 0.717) is 17.1 Å². The molecular formula is C12H15BrO3. The van der Waals surface area contributed by atoms with E-state index in [2.05, 4.69) is 15.9 Å². The lowest BCUT2D eigenvalue weighted by molar-refractivity contribution is 0.112. The fourth-order valence-corrected chi connectivity index (χ4v) is 1.76. The Bertz CT molecular complexity index is 377. The maximum atomic E-state index is 10.7. The largest absolute Gasteiger partial charge is 0.493 e. The molecule has 0 unspecified atom stereocenters. The van der Waals surface area contributed by atoms with E-state index in [1.807, 2.05) is 13.8 Å². The number of hydrogen-bond acceptors (Lipinski definition) is 3. The van der Waals surface area contributed by atoms with Crippen LogP contribution in [0.4, 0.5) is 0 Å². The van der Waals surface area contributed by atoms with Crippen molar-refractivity contribution in [2.24, 2.45) is 0 Å². The van der Waals surface area contributed by atoms with Crippen LogP contribution in [0.1, 0.15) is 30.6 Å². The van der Waals surface area contributed by atoms with Crippen molar-refractivity contribution < 1.29 is 14.3 Å². The van der Waals surface area contributed by atoms with Crippen LogP contribution in [-0.2, 0) is 0 Å². The molecule has 0 saturated carbocycles. The van der Waals surface area contributed by atoms with Gasteiger partial charge in [-0.25, -0.2) is 0 Å². The van der Waals surface area contributed by atoms with E-state index in [4.69, 9.17) is 9.47 Å². The van der Waals surface area contributed by atoms with Crippen LogP contribution in [-0.4, -0.2) is 19.5 Å².